The molecule has 0 unspecified atom stereocenters. The normalized spacial score (nSPS) is 33.2. The maximum absolute atomic E-state index is 5.57. The molecule has 0 amide bonds. The highest BCUT2D eigenvalue weighted by Gasteiger charge is 2.47. The molecule has 0 aromatic heterocycles. The zero-order valence-electron chi connectivity index (χ0n) is 12.9. The van der Waals surface area contributed by atoms with Gasteiger partial charge in [0, 0.05) is 6.04 Å². The van der Waals surface area contributed by atoms with Crippen LogP contribution < -0.4 is 5.32 Å². The molecule has 3 aliphatic rings. The van der Waals surface area contributed by atoms with Gasteiger partial charge in [-0.15, -0.1) is 0 Å². The van der Waals surface area contributed by atoms with E-state index in [-0.39, 0.29) is 0 Å². The minimum absolute atomic E-state index is 0.552. The first kappa shape index (κ1) is 13.9. The van der Waals surface area contributed by atoms with E-state index in [2.05, 4.69) is 52.8 Å². The van der Waals surface area contributed by atoms with E-state index in [1.807, 2.05) is 0 Å². The summed E-state index contributed by atoms with van der Waals surface area (Å²) in [6.07, 6.45) is 9.92. The fourth-order valence-electron chi connectivity index (χ4n) is 4.46. The lowest BCUT2D eigenvalue weighted by Crippen LogP contribution is -2.44. The first-order valence-electron chi connectivity index (χ1n) is 8.55. The van der Waals surface area contributed by atoms with Crippen molar-refractivity contribution in [2.75, 3.05) is 13.2 Å². The molecule has 1 N–H and O–H groups in total. The average Bonchev–Trinajstić information content (AvgIpc) is 3.27. The van der Waals surface area contributed by atoms with Crippen LogP contribution in [0.2, 0.25) is 0 Å². The first-order chi connectivity index (χ1) is 10.9. The van der Waals surface area contributed by atoms with Crippen LogP contribution in [0.3, 0.4) is 0 Å². The van der Waals surface area contributed by atoms with E-state index >= 15 is 0 Å². The summed E-state index contributed by atoms with van der Waals surface area (Å²) in [4.78, 5) is 4.41. The minimum Gasteiger partial charge on any atom is -0.463 e. The number of hydrogen-bond donors (Lipinski definition) is 1. The molecule has 0 spiro atoms. The van der Waals surface area contributed by atoms with E-state index < -0.39 is 0 Å². The number of ether oxygens (including phenoxy) is 1. The number of rotatable bonds is 4. The molecule has 4 rings (SSSR count). The van der Waals surface area contributed by atoms with Crippen molar-refractivity contribution in [3.8, 4) is 0 Å². The van der Waals surface area contributed by atoms with Gasteiger partial charge < -0.3 is 10.1 Å². The Hall–Kier alpha value is -1.77. The van der Waals surface area contributed by atoms with Crippen LogP contribution in [0, 0.1) is 17.8 Å². The molecule has 22 heavy (non-hydrogen) atoms. The monoisotopic (exact) mass is 296 g/mol. The van der Waals surface area contributed by atoms with Crippen LogP contribution in [0.15, 0.2) is 41.4 Å². The smallest absolute Gasteiger partial charge is 0.285 e. The van der Waals surface area contributed by atoms with Gasteiger partial charge in [-0.1, -0.05) is 42.5 Å². The van der Waals surface area contributed by atoms with Crippen LogP contribution in [0.4, 0.5) is 0 Å². The largest absolute Gasteiger partial charge is 0.463 e. The Morgan fingerprint density at radius 3 is 2.86 bits per heavy atom. The van der Waals surface area contributed by atoms with Gasteiger partial charge in [0.1, 0.15) is 6.61 Å². The molecule has 1 aromatic rings. The van der Waals surface area contributed by atoms with Gasteiger partial charge in [-0.3, -0.25) is 0 Å². The van der Waals surface area contributed by atoms with Gasteiger partial charge in [0.05, 0.1) is 6.54 Å². The van der Waals surface area contributed by atoms with Gasteiger partial charge in [-0.2, -0.15) is 0 Å². The molecule has 3 heteroatoms. The van der Waals surface area contributed by atoms with E-state index in [0.717, 1.165) is 43.3 Å². The number of allylic oxidation sites excluding steroid dienone is 1. The molecule has 0 radical (unpaired) electrons. The van der Waals surface area contributed by atoms with Crippen LogP contribution in [0.1, 0.15) is 31.2 Å². The quantitative estimate of drug-likeness (QED) is 0.923. The predicted octanol–water partition coefficient (Wildman–Crippen LogP) is 3.48. The number of fused-ring (bicyclic) bond motifs is 2. The summed E-state index contributed by atoms with van der Waals surface area (Å²) >= 11 is 0. The van der Waals surface area contributed by atoms with Crippen molar-refractivity contribution in [1.29, 1.82) is 0 Å². The molecule has 2 fully saturated rings. The second-order valence-electron chi connectivity index (χ2n) is 6.75. The maximum Gasteiger partial charge on any atom is 0.285 e. The van der Waals surface area contributed by atoms with E-state index in [4.69, 9.17) is 4.74 Å². The molecule has 116 valence electrons. The Kier molecular flexibility index (Phi) is 3.88. The number of nitrogens with zero attached hydrogens (tertiary/aromatic N) is 1. The third-order valence-corrected chi connectivity index (χ3v) is 5.48. The molecule has 2 bridgehead atoms. The zero-order chi connectivity index (χ0) is 14.8. The highest BCUT2D eigenvalue weighted by Crippen LogP contribution is 2.50. The molecule has 0 saturated heterocycles. The number of hydrogen-bond acceptors (Lipinski definition) is 3. The third kappa shape index (κ3) is 2.77. The van der Waals surface area contributed by atoms with Crippen molar-refractivity contribution in [1.82, 2.24) is 5.32 Å². The summed E-state index contributed by atoms with van der Waals surface area (Å²) in [7, 11) is 0. The third-order valence-electron chi connectivity index (χ3n) is 5.48. The van der Waals surface area contributed by atoms with Gasteiger partial charge >= 0.3 is 0 Å². The molecular formula is C19H24N2O. The maximum atomic E-state index is 5.57. The van der Waals surface area contributed by atoms with Gasteiger partial charge in [-0.25, -0.2) is 4.99 Å². The summed E-state index contributed by atoms with van der Waals surface area (Å²) in [6, 6.07) is 11.9. The van der Waals surface area contributed by atoms with Crippen molar-refractivity contribution in [3.63, 3.8) is 0 Å². The number of aliphatic imine (C=N–C) groups is 1. The Bertz CT molecular complexity index is 566. The lowest BCUT2D eigenvalue weighted by Gasteiger charge is -2.31. The van der Waals surface area contributed by atoms with Crippen LogP contribution in [-0.2, 0) is 4.74 Å². The number of benzene rings is 1. The van der Waals surface area contributed by atoms with Crippen molar-refractivity contribution >= 4 is 12.1 Å². The summed E-state index contributed by atoms with van der Waals surface area (Å²) in [5.41, 5.74) is 1.29. The predicted molar refractivity (Wildman–Crippen MR) is 89.6 cm³/mol. The van der Waals surface area contributed by atoms with Crippen LogP contribution in [0.25, 0.3) is 6.08 Å². The summed E-state index contributed by atoms with van der Waals surface area (Å²) in [5.74, 6) is 2.42. The van der Waals surface area contributed by atoms with Crippen molar-refractivity contribution in [2.45, 2.75) is 31.7 Å². The fourth-order valence-corrected chi connectivity index (χ4v) is 4.46. The number of nitrogens with one attached hydrogen (secondary N) is 1. The van der Waals surface area contributed by atoms with Crippen LogP contribution in [0.5, 0.6) is 0 Å². The van der Waals surface area contributed by atoms with Crippen LogP contribution in [-0.4, -0.2) is 25.2 Å². The van der Waals surface area contributed by atoms with E-state index in [1.54, 1.807) is 0 Å². The Labute approximate surface area is 132 Å². The van der Waals surface area contributed by atoms with Gasteiger partial charge in [0.25, 0.3) is 6.02 Å². The first-order valence-corrected chi connectivity index (χ1v) is 8.55. The second kappa shape index (κ2) is 6.15. The molecule has 1 heterocycles. The lowest BCUT2D eigenvalue weighted by atomic mass is 9.82. The molecule has 3 nitrogen and oxygen atoms in total. The lowest BCUT2D eigenvalue weighted by molar-refractivity contribution is 0.250. The van der Waals surface area contributed by atoms with E-state index in [1.165, 1.54) is 24.8 Å². The molecule has 1 aliphatic heterocycles. The Morgan fingerprint density at radius 2 is 2.05 bits per heavy atom. The summed E-state index contributed by atoms with van der Waals surface area (Å²) in [6.45, 7) is 1.55. The van der Waals surface area contributed by atoms with Gasteiger partial charge in [0.2, 0.25) is 0 Å². The summed E-state index contributed by atoms with van der Waals surface area (Å²) < 4.78 is 5.57. The topological polar surface area (TPSA) is 33.6 Å². The van der Waals surface area contributed by atoms with Gasteiger partial charge in [-0.05, 0) is 49.0 Å². The molecular weight excluding hydrogens is 272 g/mol. The summed E-state index contributed by atoms with van der Waals surface area (Å²) in [5, 5.41) is 3.60. The molecule has 4 atom stereocenters. The van der Waals surface area contributed by atoms with Crippen LogP contribution >= 0.6 is 0 Å². The molecule has 1 aromatic carbocycles. The number of amidine groups is 1. The molecule has 2 saturated carbocycles. The second-order valence-corrected chi connectivity index (χ2v) is 6.75. The Balaban J connectivity index is 1.41. The van der Waals surface area contributed by atoms with Crippen molar-refractivity contribution in [3.05, 3.63) is 42.0 Å². The fraction of sp³-hybridized carbons (Fsp3) is 0.526. The van der Waals surface area contributed by atoms with Crippen molar-refractivity contribution < 1.29 is 4.74 Å². The Morgan fingerprint density at radius 1 is 1.18 bits per heavy atom. The average molecular weight is 296 g/mol. The molecule has 2 aliphatic carbocycles. The SMILES string of the molecule is C(=C\c1ccccc1)/C[C@H]1[C@@H]2CC[C@@H](C2)[C@H]1NC1=NCCO1. The highest BCUT2D eigenvalue weighted by molar-refractivity contribution is 5.75. The van der Waals surface area contributed by atoms with Crippen molar-refractivity contribution in [2.24, 2.45) is 22.7 Å². The van der Waals surface area contributed by atoms with E-state index in [0.29, 0.717) is 6.04 Å². The standard InChI is InChI=1S/C19H24N2O/c1-2-5-14(6-3-1)7-4-8-17-15-9-10-16(13-15)18(17)21-19-20-11-12-22-19/h1-7,15-18H,8-13H2,(H,20,21)/b7-4+/t15-,16+,17+,18-/m1/s1. The van der Waals surface area contributed by atoms with E-state index in [9.17, 15) is 0 Å². The van der Waals surface area contributed by atoms with Gasteiger partial charge in [0.15, 0.2) is 0 Å². The highest BCUT2D eigenvalue weighted by atomic mass is 16.5. The minimum atomic E-state index is 0.552. The zero-order valence-corrected chi connectivity index (χ0v) is 12.9.